The van der Waals surface area contributed by atoms with E-state index in [1.807, 2.05) is 4.72 Å². The van der Waals surface area contributed by atoms with Crippen LogP contribution in [0.1, 0.15) is 6.42 Å². The van der Waals surface area contributed by atoms with Gasteiger partial charge in [-0.15, -0.1) is 12.4 Å². The summed E-state index contributed by atoms with van der Waals surface area (Å²) in [5, 5.41) is 0. The van der Waals surface area contributed by atoms with Gasteiger partial charge in [0.2, 0.25) is 15.9 Å². The summed E-state index contributed by atoms with van der Waals surface area (Å²) in [4.78, 5) is 10.6. The van der Waals surface area contributed by atoms with E-state index in [2.05, 4.69) is 0 Å². The number of carbonyl (C=O) groups excluding carboxylic acids is 1. The number of nitrogens with two attached hydrogens (primary N) is 1. The zero-order chi connectivity index (χ0) is 7.78. The molecule has 0 saturated carbocycles. The monoisotopic (exact) mass is 200 g/mol. The minimum Gasteiger partial charge on any atom is -0.320 e. The molecule has 1 rings (SSSR count). The van der Waals surface area contributed by atoms with E-state index < -0.39 is 22.0 Å². The van der Waals surface area contributed by atoms with Gasteiger partial charge in [-0.25, -0.2) is 8.42 Å². The first-order valence-corrected chi connectivity index (χ1v) is 4.46. The molecule has 1 aliphatic rings. The molecule has 0 aromatic rings. The van der Waals surface area contributed by atoms with Crippen LogP contribution in [0.25, 0.3) is 0 Å². The van der Waals surface area contributed by atoms with Crippen LogP contribution in [-0.2, 0) is 14.8 Å². The molecule has 0 spiro atoms. The van der Waals surface area contributed by atoms with Crippen LogP contribution in [-0.4, -0.2) is 26.1 Å². The Morgan fingerprint density at radius 3 is 2.45 bits per heavy atom. The molecule has 66 valence electrons. The normalized spacial score (nSPS) is 28.5. The third-order valence-electron chi connectivity index (χ3n) is 1.29. The first-order chi connectivity index (χ1) is 4.51. The molecule has 11 heavy (non-hydrogen) atoms. The van der Waals surface area contributed by atoms with Crippen molar-refractivity contribution in [2.75, 3.05) is 5.75 Å². The fourth-order valence-corrected chi connectivity index (χ4v) is 1.82. The van der Waals surface area contributed by atoms with Gasteiger partial charge in [-0.1, -0.05) is 0 Å². The standard InChI is InChI=1S/C4H8N2O3S.ClH/c5-3-1-2-10(8,9)6-4(3)7;/h3H,1-2,5H2,(H,6,7);1H. The second-order valence-corrected chi connectivity index (χ2v) is 4.02. The first kappa shape index (κ1) is 10.7. The molecule has 0 aromatic heterocycles. The lowest BCUT2D eigenvalue weighted by atomic mass is 10.2. The Morgan fingerprint density at radius 2 is 2.09 bits per heavy atom. The lowest BCUT2D eigenvalue weighted by molar-refractivity contribution is -0.120. The van der Waals surface area contributed by atoms with Crippen molar-refractivity contribution in [1.29, 1.82) is 0 Å². The van der Waals surface area contributed by atoms with Crippen molar-refractivity contribution < 1.29 is 13.2 Å². The lowest BCUT2D eigenvalue weighted by Gasteiger charge is -2.17. The van der Waals surface area contributed by atoms with E-state index in [0.29, 0.717) is 0 Å². The maximum atomic E-state index is 10.6. The van der Waals surface area contributed by atoms with Crippen molar-refractivity contribution >= 4 is 28.3 Å². The molecule has 1 unspecified atom stereocenters. The van der Waals surface area contributed by atoms with E-state index >= 15 is 0 Å². The minimum absolute atomic E-state index is 0. The summed E-state index contributed by atoms with van der Waals surface area (Å²) in [6, 6.07) is -0.663. The highest BCUT2D eigenvalue weighted by Crippen LogP contribution is 2.01. The Labute approximate surface area is 70.8 Å². The number of nitrogens with one attached hydrogen (secondary N) is 1. The Hall–Kier alpha value is -0.330. The van der Waals surface area contributed by atoms with Gasteiger partial charge < -0.3 is 5.73 Å². The number of sulfonamides is 1. The zero-order valence-electron chi connectivity index (χ0n) is 5.61. The fourth-order valence-electron chi connectivity index (χ4n) is 0.693. The minimum atomic E-state index is -3.34. The Bertz CT molecular complexity index is 250. The summed E-state index contributed by atoms with van der Waals surface area (Å²) >= 11 is 0. The van der Waals surface area contributed by atoms with Gasteiger partial charge in [-0.05, 0) is 6.42 Å². The summed E-state index contributed by atoms with van der Waals surface area (Å²) in [6.07, 6.45) is 0.216. The predicted octanol–water partition coefficient (Wildman–Crippen LogP) is -1.41. The van der Waals surface area contributed by atoms with Gasteiger partial charge in [0, 0.05) is 0 Å². The smallest absolute Gasteiger partial charge is 0.250 e. The maximum Gasteiger partial charge on any atom is 0.250 e. The highest BCUT2D eigenvalue weighted by molar-refractivity contribution is 7.90. The van der Waals surface area contributed by atoms with Crippen molar-refractivity contribution in [3.8, 4) is 0 Å². The second-order valence-electron chi connectivity index (χ2n) is 2.18. The average Bonchev–Trinajstić information content (AvgIpc) is 1.79. The van der Waals surface area contributed by atoms with E-state index in [4.69, 9.17) is 5.73 Å². The molecule has 1 heterocycles. The van der Waals surface area contributed by atoms with Crippen LogP contribution in [0.2, 0.25) is 0 Å². The molecule has 1 atom stereocenters. The van der Waals surface area contributed by atoms with Crippen LogP contribution in [0.15, 0.2) is 0 Å². The topological polar surface area (TPSA) is 89.3 Å². The molecule has 1 saturated heterocycles. The Morgan fingerprint density at radius 1 is 1.55 bits per heavy atom. The number of carbonyl (C=O) groups is 1. The van der Waals surface area contributed by atoms with Crippen molar-refractivity contribution in [3.05, 3.63) is 0 Å². The maximum absolute atomic E-state index is 10.6. The Kier molecular flexibility index (Phi) is 3.28. The van der Waals surface area contributed by atoms with Crippen LogP contribution in [0.5, 0.6) is 0 Å². The molecule has 0 radical (unpaired) electrons. The molecule has 0 aliphatic carbocycles. The summed E-state index contributed by atoms with van der Waals surface area (Å²) < 4.78 is 23.1. The molecular formula is C4H9ClN2O3S. The second kappa shape index (κ2) is 3.38. The number of hydrogen-bond donors (Lipinski definition) is 2. The predicted molar refractivity (Wildman–Crippen MR) is 41.8 cm³/mol. The molecule has 3 N–H and O–H groups in total. The highest BCUT2D eigenvalue weighted by Gasteiger charge is 2.26. The van der Waals surface area contributed by atoms with Crippen molar-refractivity contribution in [2.45, 2.75) is 12.5 Å². The van der Waals surface area contributed by atoms with Crippen LogP contribution in [0.4, 0.5) is 0 Å². The van der Waals surface area contributed by atoms with E-state index in [0.717, 1.165) is 0 Å². The molecule has 0 aromatic carbocycles. The number of rotatable bonds is 0. The lowest BCUT2D eigenvalue weighted by Crippen LogP contribution is -2.49. The molecular weight excluding hydrogens is 192 g/mol. The van der Waals surface area contributed by atoms with Crippen LogP contribution >= 0.6 is 12.4 Å². The fraction of sp³-hybridized carbons (Fsp3) is 0.750. The van der Waals surface area contributed by atoms with Crippen molar-refractivity contribution in [2.24, 2.45) is 5.73 Å². The molecule has 1 amide bonds. The first-order valence-electron chi connectivity index (χ1n) is 2.81. The van der Waals surface area contributed by atoms with E-state index in [-0.39, 0.29) is 24.6 Å². The quantitative estimate of drug-likeness (QED) is 0.503. The zero-order valence-corrected chi connectivity index (χ0v) is 7.24. The van der Waals surface area contributed by atoms with Gasteiger partial charge in [-0.3, -0.25) is 9.52 Å². The number of amides is 1. The summed E-state index contributed by atoms with van der Waals surface area (Å²) in [5.41, 5.74) is 5.22. The molecule has 1 fully saturated rings. The van der Waals surface area contributed by atoms with Gasteiger partial charge in [-0.2, -0.15) is 0 Å². The summed E-state index contributed by atoms with van der Waals surface area (Å²) in [7, 11) is -3.34. The number of hydrogen-bond acceptors (Lipinski definition) is 4. The van der Waals surface area contributed by atoms with Gasteiger partial charge in [0.15, 0.2) is 0 Å². The Balaban J connectivity index is 0.000001000. The summed E-state index contributed by atoms with van der Waals surface area (Å²) in [6.45, 7) is 0. The third kappa shape index (κ3) is 2.64. The third-order valence-corrected chi connectivity index (χ3v) is 2.58. The molecule has 5 nitrogen and oxygen atoms in total. The van der Waals surface area contributed by atoms with Crippen molar-refractivity contribution in [1.82, 2.24) is 4.72 Å². The highest BCUT2D eigenvalue weighted by atomic mass is 35.5. The number of halogens is 1. The van der Waals surface area contributed by atoms with E-state index in [9.17, 15) is 13.2 Å². The average molecular weight is 201 g/mol. The van der Waals surface area contributed by atoms with E-state index in [1.165, 1.54) is 0 Å². The summed E-state index contributed by atoms with van der Waals surface area (Å²) in [5.74, 6) is -0.661. The van der Waals surface area contributed by atoms with Gasteiger partial charge >= 0.3 is 0 Å². The van der Waals surface area contributed by atoms with Crippen LogP contribution in [0.3, 0.4) is 0 Å². The SMILES string of the molecule is Cl.NC1CCS(=O)(=O)NC1=O. The largest absolute Gasteiger partial charge is 0.320 e. The van der Waals surface area contributed by atoms with Gasteiger partial charge in [0.1, 0.15) is 0 Å². The van der Waals surface area contributed by atoms with E-state index in [1.54, 1.807) is 0 Å². The van der Waals surface area contributed by atoms with Crippen LogP contribution in [0, 0.1) is 0 Å². The molecule has 0 bridgehead atoms. The van der Waals surface area contributed by atoms with Crippen LogP contribution < -0.4 is 10.5 Å². The molecule has 1 aliphatic heterocycles. The van der Waals surface area contributed by atoms with Gasteiger partial charge in [0.05, 0.1) is 11.8 Å². The molecule has 7 heteroatoms. The van der Waals surface area contributed by atoms with Gasteiger partial charge in [0.25, 0.3) is 0 Å². The van der Waals surface area contributed by atoms with Crippen molar-refractivity contribution in [3.63, 3.8) is 0 Å².